The number of aliphatic hydroxyl groups excluding tert-OH is 4. The van der Waals surface area contributed by atoms with Crippen LogP contribution in [-0.2, 0) is 19.1 Å². The Morgan fingerprint density at radius 3 is 2.09 bits per heavy atom. The number of ether oxygens (including phenoxy) is 2. The molecule has 0 amide bonds. The lowest BCUT2D eigenvalue weighted by Gasteiger charge is -2.39. The topological polar surface area (TPSA) is 174 Å². The van der Waals surface area contributed by atoms with Crippen molar-refractivity contribution in [2.45, 2.75) is 42.8 Å². The zero-order valence-electron chi connectivity index (χ0n) is 11.2. The molecule has 6 N–H and O–H groups in total. The number of carboxylic acid groups (broad SMARTS) is 2. The third-order valence-corrected chi connectivity index (χ3v) is 3.26. The standard InChI is InChI=1S/C11H17FO10/c12-11(9(17)18,10(19)20)1-2-21-8-7(16)6(15)5(14)4(3-13)22-8/h4-8,13-16H,1-3H2,(H,17,18)(H,19,20)/t4-,5-,6+,7+,8?/m1/s1. The summed E-state index contributed by atoms with van der Waals surface area (Å²) in [6.45, 7) is -1.47. The Hall–Kier alpha value is -1.37. The van der Waals surface area contributed by atoms with Gasteiger partial charge in [-0.25, -0.2) is 14.0 Å². The maximum atomic E-state index is 13.7. The Morgan fingerprint density at radius 1 is 1.09 bits per heavy atom. The molecule has 0 saturated carbocycles. The molecule has 0 aromatic rings. The number of rotatable bonds is 7. The molecule has 10 nitrogen and oxygen atoms in total. The van der Waals surface area contributed by atoms with Crippen molar-refractivity contribution >= 4 is 11.9 Å². The number of hydrogen-bond donors (Lipinski definition) is 6. The van der Waals surface area contributed by atoms with Gasteiger partial charge >= 0.3 is 17.6 Å². The summed E-state index contributed by atoms with van der Waals surface area (Å²) >= 11 is 0. The molecule has 1 aliphatic heterocycles. The van der Waals surface area contributed by atoms with E-state index >= 15 is 0 Å². The van der Waals surface area contributed by atoms with Gasteiger partial charge in [-0.05, 0) is 0 Å². The largest absolute Gasteiger partial charge is 0.478 e. The van der Waals surface area contributed by atoms with Gasteiger partial charge in [0.25, 0.3) is 0 Å². The van der Waals surface area contributed by atoms with Crippen LogP contribution in [0.1, 0.15) is 6.42 Å². The Kier molecular flexibility index (Phi) is 6.17. The van der Waals surface area contributed by atoms with Crippen molar-refractivity contribution in [1.82, 2.24) is 0 Å². The molecule has 0 aliphatic carbocycles. The number of hydrogen-bond acceptors (Lipinski definition) is 8. The molecule has 0 aromatic heterocycles. The molecule has 1 fully saturated rings. The molecule has 1 saturated heterocycles. The molecule has 1 rings (SSSR count). The summed E-state index contributed by atoms with van der Waals surface area (Å²) < 4.78 is 23.4. The summed E-state index contributed by atoms with van der Waals surface area (Å²) in [5.74, 6) is -4.42. The Bertz CT molecular complexity index is 400. The predicted molar refractivity (Wildman–Crippen MR) is 63.4 cm³/mol. The lowest BCUT2D eigenvalue weighted by atomic mass is 9.99. The van der Waals surface area contributed by atoms with Gasteiger partial charge in [-0.2, -0.15) is 0 Å². The SMILES string of the molecule is O=C(O)C(F)(CCOC1O[C@H](CO)[C@@H](O)[C@H](O)[C@@H]1O)C(=O)O. The molecule has 0 radical (unpaired) electrons. The van der Waals surface area contributed by atoms with Gasteiger partial charge in [-0.15, -0.1) is 0 Å². The van der Waals surface area contributed by atoms with Crippen molar-refractivity contribution in [3.8, 4) is 0 Å². The first-order valence-corrected chi connectivity index (χ1v) is 6.23. The van der Waals surface area contributed by atoms with Crippen molar-refractivity contribution in [1.29, 1.82) is 0 Å². The van der Waals surface area contributed by atoms with E-state index in [0.717, 1.165) is 0 Å². The molecule has 1 heterocycles. The minimum absolute atomic E-state index is 0.706. The first-order chi connectivity index (χ1) is 10.1. The predicted octanol–water partition coefficient (Wildman–Crippen LogP) is -2.93. The third kappa shape index (κ3) is 3.69. The molecule has 0 spiro atoms. The highest BCUT2D eigenvalue weighted by atomic mass is 19.1. The average Bonchev–Trinajstić information content (AvgIpc) is 2.46. The van der Waals surface area contributed by atoms with Crippen LogP contribution in [0.3, 0.4) is 0 Å². The summed E-state index contributed by atoms with van der Waals surface area (Å²) in [4.78, 5) is 21.2. The van der Waals surface area contributed by atoms with Gasteiger partial charge < -0.3 is 40.1 Å². The van der Waals surface area contributed by atoms with E-state index in [0.29, 0.717) is 0 Å². The van der Waals surface area contributed by atoms with E-state index in [-0.39, 0.29) is 0 Å². The maximum Gasteiger partial charge on any atom is 0.353 e. The minimum atomic E-state index is -3.58. The highest BCUT2D eigenvalue weighted by Gasteiger charge is 2.48. The van der Waals surface area contributed by atoms with Crippen LogP contribution in [-0.4, -0.2) is 92.2 Å². The van der Waals surface area contributed by atoms with Crippen LogP contribution in [0.5, 0.6) is 0 Å². The third-order valence-electron chi connectivity index (χ3n) is 3.26. The van der Waals surface area contributed by atoms with E-state index in [9.17, 15) is 29.3 Å². The van der Waals surface area contributed by atoms with Gasteiger partial charge in [-0.3, -0.25) is 0 Å². The molecule has 0 bridgehead atoms. The lowest BCUT2D eigenvalue weighted by Crippen LogP contribution is -2.59. The van der Waals surface area contributed by atoms with E-state index in [1.807, 2.05) is 0 Å². The summed E-state index contributed by atoms with van der Waals surface area (Å²) in [6.07, 6.45) is -9.00. The number of halogens is 1. The molecular formula is C11H17FO10. The summed E-state index contributed by atoms with van der Waals surface area (Å²) in [6, 6.07) is 0. The molecule has 22 heavy (non-hydrogen) atoms. The first kappa shape index (κ1) is 18.7. The van der Waals surface area contributed by atoms with Crippen molar-refractivity contribution < 1.29 is 54.1 Å². The van der Waals surface area contributed by atoms with Gasteiger partial charge in [-0.1, -0.05) is 0 Å². The first-order valence-electron chi connectivity index (χ1n) is 6.23. The number of aliphatic carboxylic acids is 2. The Balaban J connectivity index is 2.63. The molecule has 128 valence electrons. The summed E-state index contributed by atoms with van der Waals surface area (Å²) in [5, 5.41) is 54.6. The van der Waals surface area contributed by atoms with Crippen LogP contribution >= 0.6 is 0 Å². The van der Waals surface area contributed by atoms with Crippen LogP contribution in [0.25, 0.3) is 0 Å². The average molecular weight is 328 g/mol. The molecule has 1 unspecified atom stereocenters. The van der Waals surface area contributed by atoms with Crippen LogP contribution < -0.4 is 0 Å². The van der Waals surface area contributed by atoms with Crippen LogP contribution in [0.4, 0.5) is 4.39 Å². The minimum Gasteiger partial charge on any atom is -0.478 e. The smallest absolute Gasteiger partial charge is 0.353 e. The second-order valence-corrected chi connectivity index (χ2v) is 4.73. The molecule has 0 aromatic carbocycles. The van der Waals surface area contributed by atoms with E-state index in [1.165, 1.54) is 0 Å². The van der Waals surface area contributed by atoms with Gasteiger partial charge in [0.1, 0.15) is 24.4 Å². The van der Waals surface area contributed by atoms with E-state index in [1.54, 1.807) is 0 Å². The summed E-state index contributed by atoms with van der Waals surface area (Å²) in [7, 11) is 0. The van der Waals surface area contributed by atoms with Gasteiger partial charge in [0, 0.05) is 6.42 Å². The quantitative estimate of drug-likeness (QED) is 0.265. The number of carbonyl (C=O) groups is 2. The van der Waals surface area contributed by atoms with Gasteiger partial charge in [0.05, 0.1) is 13.2 Å². The van der Waals surface area contributed by atoms with Crippen molar-refractivity contribution in [3.05, 3.63) is 0 Å². The van der Waals surface area contributed by atoms with Crippen molar-refractivity contribution in [2.24, 2.45) is 0 Å². The fourth-order valence-electron chi connectivity index (χ4n) is 1.83. The number of aliphatic hydroxyl groups is 4. The zero-order valence-corrected chi connectivity index (χ0v) is 11.2. The Labute approximate surface area is 123 Å². The fourth-order valence-corrected chi connectivity index (χ4v) is 1.83. The number of carboxylic acids is 2. The van der Waals surface area contributed by atoms with E-state index in [2.05, 4.69) is 0 Å². The monoisotopic (exact) mass is 328 g/mol. The van der Waals surface area contributed by atoms with Crippen molar-refractivity contribution in [2.75, 3.05) is 13.2 Å². The van der Waals surface area contributed by atoms with Gasteiger partial charge in [0.2, 0.25) is 0 Å². The highest BCUT2D eigenvalue weighted by Crippen LogP contribution is 2.23. The van der Waals surface area contributed by atoms with E-state index in [4.69, 9.17) is 24.8 Å². The normalized spacial score (nSPS) is 32.7. The fraction of sp³-hybridized carbons (Fsp3) is 0.818. The van der Waals surface area contributed by atoms with Crippen LogP contribution in [0.2, 0.25) is 0 Å². The van der Waals surface area contributed by atoms with Crippen LogP contribution in [0, 0.1) is 0 Å². The molecular weight excluding hydrogens is 311 g/mol. The maximum absolute atomic E-state index is 13.7. The number of alkyl halides is 1. The van der Waals surface area contributed by atoms with Gasteiger partial charge in [0.15, 0.2) is 6.29 Å². The molecule has 5 atom stereocenters. The van der Waals surface area contributed by atoms with E-state index < -0.39 is 67.9 Å². The Morgan fingerprint density at radius 2 is 1.64 bits per heavy atom. The zero-order chi connectivity index (χ0) is 17.1. The second-order valence-electron chi connectivity index (χ2n) is 4.73. The highest BCUT2D eigenvalue weighted by molar-refractivity contribution is 6.01. The molecule has 1 aliphatic rings. The lowest BCUT2D eigenvalue weighted by molar-refractivity contribution is -0.302. The van der Waals surface area contributed by atoms with Crippen molar-refractivity contribution in [3.63, 3.8) is 0 Å². The molecule has 11 heteroatoms. The summed E-state index contributed by atoms with van der Waals surface area (Å²) in [5.41, 5.74) is -3.58. The second kappa shape index (κ2) is 7.26. The van der Waals surface area contributed by atoms with Crippen LogP contribution in [0.15, 0.2) is 0 Å².